The average molecular weight is 303 g/mol. The fourth-order valence-corrected chi connectivity index (χ4v) is 3.17. The molecule has 0 bridgehead atoms. The molecule has 0 amide bonds. The first-order valence-corrected chi connectivity index (χ1v) is 8.51. The van der Waals surface area contributed by atoms with Crippen molar-refractivity contribution in [2.75, 3.05) is 18.0 Å². The van der Waals surface area contributed by atoms with Gasteiger partial charge in [0.05, 0.1) is 6.04 Å². The first-order chi connectivity index (χ1) is 10.1. The lowest BCUT2D eigenvalue weighted by Crippen LogP contribution is -2.22. The summed E-state index contributed by atoms with van der Waals surface area (Å²) in [7, 11) is 0. The molecule has 0 radical (unpaired) electrons. The summed E-state index contributed by atoms with van der Waals surface area (Å²) in [5.41, 5.74) is 3.71. The highest BCUT2D eigenvalue weighted by atomic mass is 32.1. The number of aryl methyl sites for hydroxylation is 1. The third kappa shape index (κ3) is 4.29. The van der Waals surface area contributed by atoms with Crippen molar-refractivity contribution in [2.45, 2.75) is 40.3 Å². The van der Waals surface area contributed by atoms with Crippen LogP contribution in [0.15, 0.2) is 29.6 Å². The van der Waals surface area contributed by atoms with E-state index in [4.69, 9.17) is 0 Å². The highest BCUT2D eigenvalue weighted by molar-refractivity contribution is 7.09. The first-order valence-electron chi connectivity index (χ1n) is 7.63. The summed E-state index contributed by atoms with van der Waals surface area (Å²) in [6.45, 7) is 11.6. The molecule has 0 fully saturated rings. The van der Waals surface area contributed by atoms with E-state index in [1.54, 1.807) is 11.3 Å². The van der Waals surface area contributed by atoms with Gasteiger partial charge in [0.2, 0.25) is 0 Å². The third-order valence-corrected chi connectivity index (χ3v) is 4.83. The molecule has 2 aromatic rings. The van der Waals surface area contributed by atoms with Crippen molar-refractivity contribution in [3.63, 3.8) is 0 Å². The van der Waals surface area contributed by atoms with Crippen molar-refractivity contribution >= 4 is 17.0 Å². The molecule has 1 aromatic heterocycles. The van der Waals surface area contributed by atoms with Gasteiger partial charge in [0, 0.05) is 36.4 Å². The van der Waals surface area contributed by atoms with Crippen LogP contribution in [0.3, 0.4) is 0 Å². The van der Waals surface area contributed by atoms with Gasteiger partial charge < -0.3 is 10.2 Å². The molecule has 1 N–H and O–H groups in total. The summed E-state index contributed by atoms with van der Waals surface area (Å²) < 4.78 is 0. The summed E-state index contributed by atoms with van der Waals surface area (Å²) in [5.74, 6) is 0. The molecule has 1 unspecified atom stereocenters. The van der Waals surface area contributed by atoms with Crippen LogP contribution in [0.1, 0.15) is 43.1 Å². The fraction of sp³-hybridized carbons (Fsp3) is 0.471. The monoisotopic (exact) mass is 303 g/mol. The molecule has 0 aliphatic rings. The van der Waals surface area contributed by atoms with E-state index >= 15 is 0 Å². The molecular formula is C17H25N3S. The number of aromatic nitrogens is 1. The van der Waals surface area contributed by atoms with Crippen LogP contribution in [-0.4, -0.2) is 18.1 Å². The number of nitrogens with one attached hydrogen (secondary N) is 1. The number of benzene rings is 1. The van der Waals surface area contributed by atoms with Crippen molar-refractivity contribution in [1.82, 2.24) is 10.3 Å². The zero-order valence-electron chi connectivity index (χ0n) is 13.4. The molecule has 21 heavy (non-hydrogen) atoms. The molecule has 1 heterocycles. The zero-order chi connectivity index (χ0) is 15.2. The quantitative estimate of drug-likeness (QED) is 0.833. The summed E-state index contributed by atoms with van der Waals surface area (Å²) in [4.78, 5) is 6.89. The first kappa shape index (κ1) is 16.0. The average Bonchev–Trinajstić information content (AvgIpc) is 2.94. The van der Waals surface area contributed by atoms with E-state index in [0.717, 1.165) is 30.3 Å². The van der Waals surface area contributed by atoms with Crippen molar-refractivity contribution in [3.8, 4) is 0 Å². The van der Waals surface area contributed by atoms with Crippen molar-refractivity contribution in [2.24, 2.45) is 0 Å². The highest BCUT2D eigenvalue weighted by Gasteiger charge is 2.08. The highest BCUT2D eigenvalue weighted by Crippen LogP contribution is 2.19. The van der Waals surface area contributed by atoms with Crippen LogP contribution in [0.4, 0.5) is 5.69 Å². The van der Waals surface area contributed by atoms with Gasteiger partial charge in [0.25, 0.3) is 0 Å². The second kappa shape index (κ2) is 7.57. The lowest BCUT2D eigenvalue weighted by atomic mass is 10.2. The summed E-state index contributed by atoms with van der Waals surface area (Å²) in [6.07, 6.45) is 0. The smallest absolute Gasteiger partial charge is 0.110 e. The number of hydrogen-bond donors (Lipinski definition) is 1. The van der Waals surface area contributed by atoms with E-state index in [0.29, 0.717) is 6.04 Å². The Hall–Kier alpha value is -1.39. The van der Waals surface area contributed by atoms with Gasteiger partial charge in [-0.05, 0) is 45.4 Å². The molecule has 1 aromatic carbocycles. The largest absolute Gasteiger partial charge is 0.372 e. The Morgan fingerprint density at radius 3 is 2.38 bits per heavy atom. The molecule has 0 aliphatic carbocycles. The van der Waals surface area contributed by atoms with E-state index in [2.05, 4.69) is 65.6 Å². The summed E-state index contributed by atoms with van der Waals surface area (Å²) >= 11 is 1.72. The normalized spacial score (nSPS) is 12.4. The molecule has 0 saturated heterocycles. The maximum Gasteiger partial charge on any atom is 0.110 e. The molecule has 0 saturated carbocycles. The second-order valence-corrected chi connectivity index (χ2v) is 6.16. The van der Waals surface area contributed by atoms with Crippen LogP contribution in [0.2, 0.25) is 0 Å². The van der Waals surface area contributed by atoms with Gasteiger partial charge in [-0.15, -0.1) is 11.3 Å². The minimum Gasteiger partial charge on any atom is -0.372 e. The van der Waals surface area contributed by atoms with Crippen molar-refractivity contribution in [1.29, 1.82) is 0 Å². The standard InChI is InChI=1S/C17H25N3S/c1-5-20(6-2)16-9-7-15(8-10-16)11-18-14(4)17-19-13(3)12-21-17/h7-10,12,14,18H,5-6,11H2,1-4H3. The molecule has 2 rings (SSSR count). The molecule has 0 spiro atoms. The van der Waals surface area contributed by atoms with E-state index in [9.17, 15) is 0 Å². The molecule has 3 nitrogen and oxygen atoms in total. The Labute approximate surface area is 132 Å². The Bertz CT molecular complexity index is 543. The van der Waals surface area contributed by atoms with Gasteiger partial charge in [0.15, 0.2) is 0 Å². The Kier molecular flexibility index (Phi) is 5.76. The predicted molar refractivity (Wildman–Crippen MR) is 92.1 cm³/mol. The maximum absolute atomic E-state index is 4.53. The van der Waals surface area contributed by atoms with Crippen molar-refractivity contribution in [3.05, 3.63) is 45.9 Å². The number of thiazole rings is 1. The number of rotatable bonds is 7. The minimum atomic E-state index is 0.297. The van der Waals surface area contributed by atoms with Crippen LogP contribution in [0.25, 0.3) is 0 Å². The topological polar surface area (TPSA) is 28.2 Å². The maximum atomic E-state index is 4.53. The molecular weight excluding hydrogens is 278 g/mol. The number of hydrogen-bond acceptors (Lipinski definition) is 4. The molecule has 114 valence electrons. The fourth-order valence-electron chi connectivity index (χ4n) is 2.34. The summed E-state index contributed by atoms with van der Waals surface area (Å²) in [6, 6.07) is 9.14. The second-order valence-electron chi connectivity index (χ2n) is 5.27. The minimum absolute atomic E-state index is 0.297. The SMILES string of the molecule is CCN(CC)c1ccc(CNC(C)c2nc(C)cs2)cc1. The van der Waals surface area contributed by atoms with Crippen LogP contribution in [0.5, 0.6) is 0 Å². The van der Waals surface area contributed by atoms with Gasteiger partial charge in [-0.2, -0.15) is 0 Å². The van der Waals surface area contributed by atoms with Gasteiger partial charge in [0.1, 0.15) is 5.01 Å². The van der Waals surface area contributed by atoms with Gasteiger partial charge in [-0.3, -0.25) is 0 Å². The molecule has 1 atom stereocenters. The van der Waals surface area contributed by atoms with E-state index < -0.39 is 0 Å². The zero-order valence-corrected chi connectivity index (χ0v) is 14.2. The Balaban J connectivity index is 1.91. The van der Waals surface area contributed by atoms with E-state index in [-0.39, 0.29) is 0 Å². The van der Waals surface area contributed by atoms with Crippen molar-refractivity contribution < 1.29 is 0 Å². The lowest BCUT2D eigenvalue weighted by molar-refractivity contribution is 0.571. The van der Waals surface area contributed by atoms with E-state index in [1.807, 2.05) is 6.92 Å². The Morgan fingerprint density at radius 1 is 1.19 bits per heavy atom. The van der Waals surface area contributed by atoms with Gasteiger partial charge in [-0.25, -0.2) is 4.98 Å². The summed E-state index contributed by atoms with van der Waals surface area (Å²) in [5, 5.41) is 6.80. The number of anilines is 1. The van der Waals surface area contributed by atoms with E-state index in [1.165, 1.54) is 11.3 Å². The Morgan fingerprint density at radius 2 is 1.86 bits per heavy atom. The van der Waals surface area contributed by atoms with Crippen LogP contribution in [0, 0.1) is 6.92 Å². The third-order valence-electron chi connectivity index (χ3n) is 3.68. The number of nitrogens with zero attached hydrogens (tertiary/aromatic N) is 2. The van der Waals surface area contributed by atoms with Crippen LogP contribution < -0.4 is 10.2 Å². The predicted octanol–water partition coefficient (Wildman–Crippen LogP) is 4.15. The lowest BCUT2D eigenvalue weighted by Gasteiger charge is -2.21. The van der Waals surface area contributed by atoms with Gasteiger partial charge in [-0.1, -0.05) is 12.1 Å². The molecule has 0 aliphatic heterocycles. The van der Waals surface area contributed by atoms with Crippen LogP contribution in [-0.2, 0) is 6.54 Å². The van der Waals surface area contributed by atoms with Crippen LogP contribution >= 0.6 is 11.3 Å². The van der Waals surface area contributed by atoms with Gasteiger partial charge >= 0.3 is 0 Å². The molecule has 4 heteroatoms.